The normalized spacial score (nSPS) is 15.6. The Kier molecular flexibility index (Phi) is 4.39. The average Bonchev–Trinajstić information content (AvgIpc) is 2.75. The van der Waals surface area contributed by atoms with Gasteiger partial charge >= 0.3 is 5.97 Å². The minimum absolute atomic E-state index is 0.210. The SMILES string of the molecule is COc1cccc(/C=C2/NC(=S)NC2=O)c1OCC(=O)O. The largest absolute Gasteiger partial charge is 0.493 e. The van der Waals surface area contributed by atoms with Gasteiger partial charge in [-0.1, -0.05) is 12.1 Å². The number of aliphatic carboxylic acids is 1. The van der Waals surface area contributed by atoms with Crippen molar-refractivity contribution < 1.29 is 24.2 Å². The van der Waals surface area contributed by atoms with E-state index in [4.69, 9.17) is 26.8 Å². The van der Waals surface area contributed by atoms with Gasteiger partial charge < -0.3 is 19.9 Å². The molecule has 1 fully saturated rings. The molecule has 0 unspecified atom stereocenters. The summed E-state index contributed by atoms with van der Waals surface area (Å²) in [7, 11) is 1.44. The number of carbonyl (C=O) groups excluding carboxylic acids is 1. The molecular formula is C13H12N2O5S. The van der Waals surface area contributed by atoms with Crippen LogP contribution in [0.2, 0.25) is 0 Å². The van der Waals surface area contributed by atoms with Crippen LogP contribution < -0.4 is 20.1 Å². The predicted octanol–water partition coefficient (Wildman–Crippen LogP) is 0.504. The first-order chi connectivity index (χ1) is 10.0. The third kappa shape index (κ3) is 3.48. The zero-order valence-corrected chi connectivity index (χ0v) is 11.8. The van der Waals surface area contributed by atoms with Crippen molar-refractivity contribution in [3.05, 3.63) is 29.5 Å². The number of hydrogen-bond donors (Lipinski definition) is 3. The molecule has 0 atom stereocenters. The topological polar surface area (TPSA) is 96.9 Å². The number of ether oxygens (including phenoxy) is 2. The second-order valence-electron chi connectivity index (χ2n) is 4.03. The van der Waals surface area contributed by atoms with E-state index in [1.165, 1.54) is 13.2 Å². The van der Waals surface area contributed by atoms with Crippen LogP contribution in [0.15, 0.2) is 23.9 Å². The molecule has 110 valence electrons. The molecule has 0 aromatic heterocycles. The summed E-state index contributed by atoms with van der Waals surface area (Å²) in [6.45, 7) is -0.519. The van der Waals surface area contributed by atoms with E-state index in [9.17, 15) is 9.59 Å². The Morgan fingerprint density at radius 2 is 2.19 bits per heavy atom. The number of hydrogen-bond acceptors (Lipinski definition) is 5. The summed E-state index contributed by atoms with van der Waals surface area (Å²) in [5.74, 6) is -0.877. The molecule has 1 saturated heterocycles. The maximum atomic E-state index is 11.6. The van der Waals surface area contributed by atoms with Crippen molar-refractivity contribution in [1.82, 2.24) is 10.6 Å². The third-order valence-corrected chi connectivity index (χ3v) is 2.79. The molecule has 1 amide bonds. The Bertz CT molecular complexity index is 641. The Balaban J connectivity index is 2.38. The molecule has 1 aliphatic heterocycles. The van der Waals surface area contributed by atoms with E-state index in [2.05, 4.69) is 10.6 Å². The van der Waals surface area contributed by atoms with Crippen molar-refractivity contribution in [3.8, 4) is 11.5 Å². The number of para-hydroxylation sites is 1. The summed E-state index contributed by atoms with van der Waals surface area (Å²) >= 11 is 4.84. The van der Waals surface area contributed by atoms with Crippen LogP contribution in [0.5, 0.6) is 11.5 Å². The fraction of sp³-hybridized carbons (Fsp3) is 0.154. The predicted molar refractivity (Wildman–Crippen MR) is 78.0 cm³/mol. The number of carboxylic acids is 1. The van der Waals surface area contributed by atoms with E-state index in [-0.39, 0.29) is 22.5 Å². The van der Waals surface area contributed by atoms with Crippen molar-refractivity contribution in [2.45, 2.75) is 0 Å². The van der Waals surface area contributed by atoms with Gasteiger partial charge in [0.25, 0.3) is 5.91 Å². The van der Waals surface area contributed by atoms with Gasteiger partial charge in [-0.25, -0.2) is 4.79 Å². The van der Waals surface area contributed by atoms with Crippen LogP contribution in [-0.2, 0) is 9.59 Å². The van der Waals surface area contributed by atoms with E-state index in [0.29, 0.717) is 11.3 Å². The van der Waals surface area contributed by atoms with Crippen molar-refractivity contribution >= 4 is 35.3 Å². The van der Waals surface area contributed by atoms with Crippen LogP contribution in [0.25, 0.3) is 6.08 Å². The minimum atomic E-state index is -1.11. The van der Waals surface area contributed by atoms with Crippen molar-refractivity contribution in [2.24, 2.45) is 0 Å². The molecule has 1 aliphatic rings. The molecule has 21 heavy (non-hydrogen) atoms. The van der Waals surface area contributed by atoms with Crippen LogP contribution in [0.1, 0.15) is 5.56 Å². The van der Waals surface area contributed by atoms with Crippen LogP contribution in [0.3, 0.4) is 0 Å². The highest BCUT2D eigenvalue weighted by molar-refractivity contribution is 7.80. The lowest BCUT2D eigenvalue weighted by molar-refractivity contribution is -0.139. The first-order valence-electron chi connectivity index (χ1n) is 5.87. The maximum absolute atomic E-state index is 11.6. The maximum Gasteiger partial charge on any atom is 0.341 e. The summed E-state index contributed by atoms with van der Waals surface area (Å²) in [6.07, 6.45) is 1.51. The van der Waals surface area contributed by atoms with Crippen molar-refractivity contribution in [3.63, 3.8) is 0 Å². The lowest BCUT2D eigenvalue weighted by Gasteiger charge is -2.12. The first kappa shape index (κ1) is 14.8. The van der Waals surface area contributed by atoms with Crippen LogP contribution in [0, 0.1) is 0 Å². The second kappa shape index (κ2) is 6.23. The second-order valence-corrected chi connectivity index (χ2v) is 4.44. The fourth-order valence-corrected chi connectivity index (χ4v) is 1.94. The van der Waals surface area contributed by atoms with Crippen LogP contribution >= 0.6 is 12.2 Å². The summed E-state index contributed by atoms with van der Waals surface area (Å²) in [6, 6.07) is 5.00. The highest BCUT2D eigenvalue weighted by atomic mass is 32.1. The highest BCUT2D eigenvalue weighted by Gasteiger charge is 2.21. The van der Waals surface area contributed by atoms with E-state index >= 15 is 0 Å². The molecule has 0 aliphatic carbocycles. The Hall–Kier alpha value is -2.61. The molecule has 2 rings (SSSR count). The van der Waals surface area contributed by atoms with Crippen LogP contribution in [0.4, 0.5) is 0 Å². The summed E-state index contributed by atoms with van der Waals surface area (Å²) in [4.78, 5) is 22.3. The smallest absolute Gasteiger partial charge is 0.341 e. The van der Waals surface area contributed by atoms with Gasteiger partial charge in [0, 0.05) is 5.56 Å². The van der Waals surface area contributed by atoms with Crippen LogP contribution in [-0.4, -0.2) is 35.8 Å². The summed E-state index contributed by atoms with van der Waals surface area (Å²) < 4.78 is 10.4. The lowest BCUT2D eigenvalue weighted by atomic mass is 10.1. The molecule has 1 heterocycles. The van der Waals surface area contributed by atoms with Gasteiger partial charge in [0.05, 0.1) is 7.11 Å². The zero-order chi connectivity index (χ0) is 15.4. The summed E-state index contributed by atoms with van der Waals surface area (Å²) in [5, 5.41) is 14.1. The minimum Gasteiger partial charge on any atom is -0.493 e. The quantitative estimate of drug-likeness (QED) is 0.538. The number of methoxy groups -OCH3 is 1. The van der Waals surface area contributed by atoms with Gasteiger partial charge in [0.2, 0.25) is 0 Å². The molecule has 0 saturated carbocycles. The van der Waals surface area contributed by atoms with E-state index in [1.807, 2.05) is 0 Å². The molecule has 1 aromatic rings. The van der Waals surface area contributed by atoms with Gasteiger partial charge in [-0.3, -0.25) is 10.1 Å². The number of carbonyl (C=O) groups is 2. The monoisotopic (exact) mass is 308 g/mol. The van der Waals surface area contributed by atoms with Gasteiger partial charge in [-0.2, -0.15) is 0 Å². The molecule has 7 nitrogen and oxygen atoms in total. The number of carboxylic acid groups (broad SMARTS) is 1. The number of benzene rings is 1. The van der Waals surface area contributed by atoms with Gasteiger partial charge in [0.1, 0.15) is 5.70 Å². The molecule has 0 spiro atoms. The molecule has 0 radical (unpaired) electrons. The van der Waals surface area contributed by atoms with Gasteiger partial charge in [-0.15, -0.1) is 0 Å². The summed E-state index contributed by atoms with van der Waals surface area (Å²) in [5.41, 5.74) is 0.742. The van der Waals surface area contributed by atoms with E-state index in [1.54, 1.807) is 18.2 Å². The molecule has 3 N–H and O–H groups in total. The number of thiocarbonyl (C=S) groups is 1. The molecule has 0 bridgehead atoms. The Morgan fingerprint density at radius 3 is 2.76 bits per heavy atom. The van der Waals surface area contributed by atoms with E-state index in [0.717, 1.165) is 0 Å². The molecule has 1 aromatic carbocycles. The zero-order valence-electron chi connectivity index (χ0n) is 11.0. The fourth-order valence-electron chi connectivity index (χ4n) is 1.73. The number of amides is 1. The van der Waals surface area contributed by atoms with Gasteiger partial charge in [0.15, 0.2) is 23.2 Å². The average molecular weight is 308 g/mol. The number of rotatable bonds is 5. The first-order valence-corrected chi connectivity index (χ1v) is 6.27. The van der Waals surface area contributed by atoms with Crippen molar-refractivity contribution in [2.75, 3.05) is 13.7 Å². The Morgan fingerprint density at radius 1 is 1.43 bits per heavy atom. The highest BCUT2D eigenvalue weighted by Crippen LogP contribution is 2.32. The lowest BCUT2D eigenvalue weighted by Crippen LogP contribution is -2.21. The molecule has 8 heteroatoms. The molecular weight excluding hydrogens is 296 g/mol. The van der Waals surface area contributed by atoms with Crippen molar-refractivity contribution in [1.29, 1.82) is 0 Å². The third-order valence-electron chi connectivity index (χ3n) is 2.59. The van der Waals surface area contributed by atoms with Gasteiger partial charge in [-0.05, 0) is 24.4 Å². The Labute approximate surface area is 125 Å². The standard InChI is InChI=1S/C13H12N2O5S/c1-19-9-4-2-3-7(11(9)20-6-10(16)17)5-8-12(18)15-13(21)14-8/h2-5H,6H2,1H3,(H,16,17)(H2,14,15,18,21)/b8-5+. The number of nitrogens with one attached hydrogen (secondary N) is 2. The van der Waals surface area contributed by atoms with E-state index < -0.39 is 12.6 Å².